The molecule has 0 amide bonds. The molecular formula is C36H68O4. The highest BCUT2D eigenvalue weighted by molar-refractivity contribution is 5.66. The van der Waals surface area contributed by atoms with Crippen LogP contribution in [-0.2, 0) is 9.59 Å². The first-order valence-electron chi connectivity index (χ1n) is 17.6. The first-order valence-corrected chi connectivity index (χ1v) is 17.6. The van der Waals surface area contributed by atoms with E-state index in [1.165, 1.54) is 141 Å². The second-order valence-corrected chi connectivity index (χ2v) is 12.4. The first-order chi connectivity index (χ1) is 19.5. The fourth-order valence-electron chi connectivity index (χ4n) is 6.08. The molecule has 0 bridgehead atoms. The van der Waals surface area contributed by atoms with E-state index >= 15 is 0 Å². The molecule has 0 saturated heterocycles. The quantitative estimate of drug-likeness (QED) is 0.0629. The van der Waals surface area contributed by atoms with E-state index in [1.807, 2.05) is 0 Å². The molecule has 2 N–H and O–H groups in total. The molecule has 40 heavy (non-hydrogen) atoms. The SMILES string of the molecule is CCCCCC=CCCC(CCCCCCCC(=O)O)C(CCCCCCCC)CCCCCCCCC(=O)O. The molecule has 4 nitrogen and oxygen atoms in total. The molecule has 0 heterocycles. The molecule has 0 saturated carbocycles. The molecule has 0 rings (SSSR count). The third-order valence-electron chi connectivity index (χ3n) is 8.62. The summed E-state index contributed by atoms with van der Waals surface area (Å²) in [7, 11) is 0. The van der Waals surface area contributed by atoms with Gasteiger partial charge in [0.05, 0.1) is 0 Å². The number of hydrogen-bond acceptors (Lipinski definition) is 2. The first kappa shape index (κ1) is 38.7. The zero-order valence-electron chi connectivity index (χ0n) is 26.8. The molecule has 2 atom stereocenters. The standard InChI is InChI=1S/C36H68O4/c1-3-5-7-9-11-16-22-28-34(30-24-18-14-20-26-32-36(39)40)33(27-21-15-10-8-6-4-2)29-23-17-12-13-19-25-31-35(37)38/h11,16,33-34H,3-10,12-15,17-32H2,1-2H3,(H,37,38)(H,39,40). The molecule has 2 unspecified atom stereocenters. The zero-order chi connectivity index (χ0) is 29.5. The van der Waals surface area contributed by atoms with E-state index in [9.17, 15) is 9.59 Å². The highest BCUT2D eigenvalue weighted by atomic mass is 16.4. The van der Waals surface area contributed by atoms with Crippen molar-refractivity contribution in [3.05, 3.63) is 12.2 Å². The summed E-state index contributed by atoms with van der Waals surface area (Å²) in [6, 6.07) is 0. The van der Waals surface area contributed by atoms with Crippen LogP contribution in [0.5, 0.6) is 0 Å². The Labute approximate surface area is 249 Å². The summed E-state index contributed by atoms with van der Waals surface area (Å²) < 4.78 is 0. The summed E-state index contributed by atoms with van der Waals surface area (Å²) in [5.41, 5.74) is 0. The smallest absolute Gasteiger partial charge is 0.303 e. The van der Waals surface area contributed by atoms with E-state index in [-0.39, 0.29) is 0 Å². The van der Waals surface area contributed by atoms with Crippen molar-refractivity contribution in [2.24, 2.45) is 11.8 Å². The molecule has 0 aromatic heterocycles. The number of aliphatic carboxylic acids is 2. The van der Waals surface area contributed by atoms with Crippen LogP contribution in [0.4, 0.5) is 0 Å². The van der Waals surface area contributed by atoms with Gasteiger partial charge in [-0.3, -0.25) is 9.59 Å². The third kappa shape index (κ3) is 28.2. The summed E-state index contributed by atoms with van der Waals surface area (Å²) in [4.78, 5) is 21.5. The fourth-order valence-corrected chi connectivity index (χ4v) is 6.08. The maximum atomic E-state index is 10.8. The van der Waals surface area contributed by atoms with Gasteiger partial charge < -0.3 is 10.2 Å². The summed E-state index contributed by atoms with van der Waals surface area (Å²) in [6.07, 6.45) is 37.9. The predicted octanol–water partition coefficient (Wildman–Crippen LogP) is 11.9. The van der Waals surface area contributed by atoms with Crippen molar-refractivity contribution < 1.29 is 19.8 Å². The Kier molecular flexibility index (Phi) is 29.6. The molecule has 0 aliphatic heterocycles. The molecule has 0 aromatic rings. The number of carboxylic acid groups (broad SMARTS) is 2. The van der Waals surface area contributed by atoms with Gasteiger partial charge in [-0.25, -0.2) is 0 Å². The van der Waals surface area contributed by atoms with Crippen LogP contribution in [-0.4, -0.2) is 22.2 Å². The van der Waals surface area contributed by atoms with Gasteiger partial charge in [-0.2, -0.15) is 0 Å². The van der Waals surface area contributed by atoms with Gasteiger partial charge >= 0.3 is 11.9 Å². The van der Waals surface area contributed by atoms with E-state index in [4.69, 9.17) is 10.2 Å². The maximum Gasteiger partial charge on any atom is 0.303 e. The lowest BCUT2D eigenvalue weighted by molar-refractivity contribution is -0.138. The third-order valence-corrected chi connectivity index (χ3v) is 8.62. The van der Waals surface area contributed by atoms with Crippen molar-refractivity contribution in [1.29, 1.82) is 0 Å². The van der Waals surface area contributed by atoms with E-state index in [0.717, 1.165) is 37.5 Å². The molecule has 4 heteroatoms. The minimum absolute atomic E-state index is 0.313. The lowest BCUT2D eigenvalue weighted by atomic mass is 9.78. The van der Waals surface area contributed by atoms with E-state index in [0.29, 0.717) is 12.8 Å². The summed E-state index contributed by atoms with van der Waals surface area (Å²) in [5.74, 6) is 0.310. The minimum atomic E-state index is -0.667. The average molecular weight is 565 g/mol. The van der Waals surface area contributed by atoms with Gasteiger partial charge in [-0.05, 0) is 50.4 Å². The number of hydrogen-bond donors (Lipinski definition) is 2. The van der Waals surface area contributed by atoms with Gasteiger partial charge in [0.2, 0.25) is 0 Å². The predicted molar refractivity (Wildman–Crippen MR) is 172 cm³/mol. The summed E-state index contributed by atoms with van der Waals surface area (Å²) in [6.45, 7) is 4.56. The molecule has 0 fully saturated rings. The maximum absolute atomic E-state index is 10.8. The van der Waals surface area contributed by atoms with Crippen molar-refractivity contribution in [3.8, 4) is 0 Å². The highest BCUT2D eigenvalue weighted by Gasteiger charge is 2.20. The van der Waals surface area contributed by atoms with Crippen LogP contribution in [0.1, 0.15) is 194 Å². The van der Waals surface area contributed by atoms with E-state index < -0.39 is 11.9 Å². The normalized spacial score (nSPS) is 13.2. The molecular weight excluding hydrogens is 496 g/mol. The van der Waals surface area contributed by atoms with Crippen LogP contribution >= 0.6 is 0 Å². The van der Waals surface area contributed by atoms with Crippen LogP contribution in [0.15, 0.2) is 12.2 Å². The molecule has 0 aliphatic rings. The highest BCUT2D eigenvalue weighted by Crippen LogP contribution is 2.33. The van der Waals surface area contributed by atoms with Gasteiger partial charge in [-0.1, -0.05) is 154 Å². The number of carboxylic acids is 2. The van der Waals surface area contributed by atoms with Gasteiger partial charge in [0, 0.05) is 12.8 Å². The van der Waals surface area contributed by atoms with Crippen LogP contribution in [0.3, 0.4) is 0 Å². The van der Waals surface area contributed by atoms with Crippen molar-refractivity contribution in [3.63, 3.8) is 0 Å². The van der Waals surface area contributed by atoms with E-state index in [1.54, 1.807) is 0 Å². The topological polar surface area (TPSA) is 74.6 Å². The van der Waals surface area contributed by atoms with Crippen LogP contribution in [0.25, 0.3) is 0 Å². The van der Waals surface area contributed by atoms with Crippen LogP contribution < -0.4 is 0 Å². The van der Waals surface area contributed by atoms with Crippen molar-refractivity contribution in [2.75, 3.05) is 0 Å². The van der Waals surface area contributed by atoms with Crippen LogP contribution in [0.2, 0.25) is 0 Å². The number of unbranched alkanes of at least 4 members (excludes halogenated alkanes) is 17. The second-order valence-electron chi connectivity index (χ2n) is 12.4. The number of rotatable bonds is 32. The Bertz CT molecular complexity index is 585. The zero-order valence-corrected chi connectivity index (χ0v) is 26.8. The Morgan fingerprint density at radius 3 is 1.25 bits per heavy atom. The second kappa shape index (κ2) is 30.6. The number of allylic oxidation sites excluding steroid dienone is 2. The van der Waals surface area contributed by atoms with Gasteiger partial charge in [0.15, 0.2) is 0 Å². The molecule has 0 aliphatic carbocycles. The lowest BCUT2D eigenvalue weighted by Gasteiger charge is -2.28. The summed E-state index contributed by atoms with van der Waals surface area (Å²) in [5, 5.41) is 17.7. The van der Waals surface area contributed by atoms with Crippen molar-refractivity contribution in [1.82, 2.24) is 0 Å². The fraction of sp³-hybridized carbons (Fsp3) is 0.889. The Balaban J connectivity index is 4.82. The van der Waals surface area contributed by atoms with E-state index in [2.05, 4.69) is 26.0 Å². The lowest BCUT2D eigenvalue weighted by Crippen LogP contribution is -2.16. The Morgan fingerprint density at radius 2 is 0.800 bits per heavy atom. The molecule has 0 spiro atoms. The Morgan fingerprint density at radius 1 is 0.450 bits per heavy atom. The molecule has 0 aromatic carbocycles. The van der Waals surface area contributed by atoms with Gasteiger partial charge in [0.1, 0.15) is 0 Å². The average Bonchev–Trinajstić information content (AvgIpc) is 2.92. The van der Waals surface area contributed by atoms with Gasteiger partial charge in [0.25, 0.3) is 0 Å². The van der Waals surface area contributed by atoms with Crippen LogP contribution in [0, 0.1) is 11.8 Å². The monoisotopic (exact) mass is 565 g/mol. The molecule has 236 valence electrons. The van der Waals surface area contributed by atoms with Gasteiger partial charge in [-0.15, -0.1) is 0 Å². The van der Waals surface area contributed by atoms with Crippen molar-refractivity contribution in [2.45, 2.75) is 194 Å². The largest absolute Gasteiger partial charge is 0.481 e. The van der Waals surface area contributed by atoms with Crippen molar-refractivity contribution >= 4 is 11.9 Å². The minimum Gasteiger partial charge on any atom is -0.481 e. The molecule has 0 radical (unpaired) electrons. The number of carbonyl (C=O) groups is 2. The summed E-state index contributed by atoms with van der Waals surface area (Å²) >= 11 is 0. The Hall–Kier alpha value is -1.32.